The first-order chi connectivity index (χ1) is 8.10. The van der Waals surface area contributed by atoms with Crippen molar-refractivity contribution in [2.24, 2.45) is 0 Å². The Morgan fingerprint density at radius 1 is 1.35 bits per heavy atom. The highest BCUT2D eigenvalue weighted by atomic mass is 16.2. The number of carbonyl (C=O) groups is 2. The Kier molecular flexibility index (Phi) is 2.41. The summed E-state index contributed by atoms with van der Waals surface area (Å²) in [7, 11) is 0. The third-order valence-electron chi connectivity index (χ3n) is 2.57. The van der Waals surface area contributed by atoms with Crippen LogP contribution < -0.4 is 5.73 Å². The summed E-state index contributed by atoms with van der Waals surface area (Å²) in [6.45, 7) is 3.63. The predicted octanol–water partition coefficient (Wildman–Crippen LogP) is 0.922. The van der Waals surface area contributed by atoms with Gasteiger partial charge in [0.2, 0.25) is 0 Å². The number of hydrogen-bond donors (Lipinski definition) is 1. The summed E-state index contributed by atoms with van der Waals surface area (Å²) in [5, 5.41) is 8.82. The van der Waals surface area contributed by atoms with Crippen LogP contribution in [0.1, 0.15) is 26.3 Å². The molecule has 84 valence electrons. The van der Waals surface area contributed by atoms with Crippen LogP contribution >= 0.6 is 0 Å². The highest BCUT2D eigenvalue weighted by Crippen LogP contribution is 2.27. The van der Waals surface area contributed by atoms with Gasteiger partial charge in [0.05, 0.1) is 22.4 Å². The average Bonchev–Trinajstić information content (AvgIpc) is 2.54. The number of rotatable bonds is 2. The fraction of sp³-hybridized carbons (Fsp3) is 0.0833. The van der Waals surface area contributed by atoms with Crippen molar-refractivity contribution < 1.29 is 9.59 Å². The van der Waals surface area contributed by atoms with E-state index in [1.807, 2.05) is 6.07 Å². The molecule has 2 rings (SSSR count). The maximum atomic E-state index is 11.9. The molecule has 0 radical (unpaired) electrons. The number of nitrogen functional groups attached to an aromatic ring is 1. The average molecular weight is 227 g/mol. The number of benzene rings is 1. The molecule has 5 nitrogen and oxygen atoms in total. The zero-order valence-electron chi connectivity index (χ0n) is 8.93. The van der Waals surface area contributed by atoms with E-state index in [4.69, 9.17) is 11.0 Å². The molecule has 1 aromatic rings. The number of carbonyl (C=O) groups excluding carboxylic acids is 2. The van der Waals surface area contributed by atoms with E-state index >= 15 is 0 Å². The molecule has 17 heavy (non-hydrogen) atoms. The quantitative estimate of drug-likeness (QED) is 0.462. The Morgan fingerprint density at radius 3 is 2.47 bits per heavy atom. The number of nitrogens with two attached hydrogens (primary N) is 1. The summed E-state index contributed by atoms with van der Waals surface area (Å²) < 4.78 is 0. The lowest BCUT2D eigenvalue weighted by Crippen LogP contribution is -2.29. The van der Waals surface area contributed by atoms with Gasteiger partial charge in [-0.1, -0.05) is 6.08 Å². The summed E-state index contributed by atoms with van der Waals surface area (Å²) in [6.07, 6.45) is 1.47. The maximum absolute atomic E-state index is 11.9. The van der Waals surface area contributed by atoms with Gasteiger partial charge in [0.15, 0.2) is 0 Å². The van der Waals surface area contributed by atoms with Crippen LogP contribution in [0.3, 0.4) is 0 Å². The van der Waals surface area contributed by atoms with Crippen molar-refractivity contribution in [1.82, 2.24) is 4.90 Å². The first-order valence-corrected chi connectivity index (χ1v) is 4.91. The Bertz CT molecular complexity index is 584. The molecule has 0 saturated heterocycles. The molecule has 0 aromatic heterocycles. The summed E-state index contributed by atoms with van der Waals surface area (Å²) in [6, 6.07) is 4.61. The van der Waals surface area contributed by atoms with Gasteiger partial charge in [0, 0.05) is 6.54 Å². The molecule has 0 spiro atoms. The molecule has 1 heterocycles. The van der Waals surface area contributed by atoms with Gasteiger partial charge in [-0.25, -0.2) is 0 Å². The zero-order chi connectivity index (χ0) is 12.6. The van der Waals surface area contributed by atoms with Crippen molar-refractivity contribution in [3.8, 4) is 6.07 Å². The van der Waals surface area contributed by atoms with Crippen LogP contribution in [-0.4, -0.2) is 23.3 Å². The summed E-state index contributed by atoms with van der Waals surface area (Å²) >= 11 is 0. The van der Waals surface area contributed by atoms with Crippen LogP contribution in [0, 0.1) is 11.3 Å². The van der Waals surface area contributed by atoms with Crippen LogP contribution in [-0.2, 0) is 0 Å². The van der Waals surface area contributed by atoms with E-state index in [2.05, 4.69) is 6.58 Å². The normalized spacial score (nSPS) is 13.5. The van der Waals surface area contributed by atoms with Crippen molar-refractivity contribution in [3.05, 3.63) is 41.5 Å². The second-order valence-electron chi connectivity index (χ2n) is 3.61. The van der Waals surface area contributed by atoms with E-state index in [1.165, 1.54) is 18.2 Å². The predicted molar refractivity (Wildman–Crippen MR) is 61.1 cm³/mol. The molecule has 1 aromatic carbocycles. The highest BCUT2D eigenvalue weighted by Gasteiger charge is 2.35. The smallest absolute Gasteiger partial charge is 0.261 e. The van der Waals surface area contributed by atoms with E-state index in [0.717, 1.165) is 4.90 Å². The van der Waals surface area contributed by atoms with Gasteiger partial charge in [-0.05, 0) is 12.1 Å². The second kappa shape index (κ2) is 3.76. The van der Waals surface area contributed by atoms with E-state index < -0.39 is 11.8 Å². The molecule has 0 fully saturated rings. The molecule has 5 heteroatoms. The molecule has 1 aliphatic heterocycles. The minimum Gasteiger partial charge on any atom is -0.398 e. The summed E-state index contributed by atoms with van der Waals surface area (Å²) in [4.78, 5) is 24.8. The zero-order valence-corrected chi connectivity index (χ0v) is 8.93. The number of fused-ring (bicyclic) bond motifs is 1. The minimum absolute atomic E-state index is 0.147. The number of nitrogens with zero attached hydrogens (tertiary/aromatic N) is 2. The van der Waals surface area contributed by atoms with Crippen LogP contribution in [0.25, 0.3) is 0 Å². The molecule has 1 aliphatic rings. The van der Waals surface area contributed by atoms with Gasteiger partial charge < -0.3 is 5.73 Å². The van der Waals surface area contributed by atoms with Crippen molar-refractivity contribution in [3.63, 3.8) is 0 Å². The molecule has 2 amide bonds. The fourth-order valence-corrected chi connectivity index (χ4v) is 1.75. The number of nitriles is 1. The van der Waals surface area contributed by atoms with E-state index in [0.29, 0.717) is 0 Å². The van der Waals surface area contributed by atoms with Gasteiger partial charge >= 0.3 is 0 Å². The van der Waals surface area contributed by atoms with Gasteiger partial charge in [-0.3, -0.25) is 14.5 Å². The second-order valence-corrected chi connectivity index (χ2v) is 3.61. The molecule has 0 atom stereocenters. The first-order valence-electron chi connectivity index (χ1n) is 4.91. The Hall–Kier alpha value is -2.61. The van der Waals surface area contributed by atoms with Gasteiger partial charge in [-0.2, -0.15) is 5.26 Å². The molecule has 0 aliphatic carbocycles. The van der Waals surface area contributed by atoms with Crippen LogP contribution in [0.15, 0.2) is 24.8 Å². The van der Waals surface area contributed by atoms with Gasteiger partial charge in [0.25, 0.3) is 11.8 Å². The molecule has 0 bridgehead atoms. The number of anilines is 1. The molecular formula is C12H9N3O2. The lowest BCUT2D eigenvalue weighted by Gasteiger charge is -2.09. The van der Waals surface area contributed by atoms with Crippen molar-refractivity contribution >= 4 is 17.5 Å². The Balaban J connectivity index is 2.59. The monoisotopic (exact) mass is 227 g/mol. The lowest BCUT2D eigenvalue weighted by atomic mass is 10.0. The van der Waals surface area contributed by atoms with Crippen LogP contribution in [0.2, 0.25) is 0 Å². The largest absolute Gasteiger partial charge is 0.398 e. The Morgan fingerprint density at radius 2 is 1.94 bits per heavy atom. The van der Waals surface area contributed by atoms with Crippen LogP contribution in [0.4, 0.5) is 5.69 Å². The molecular weight excluding hydrogens is 218 g/mol. The molecule has 0 unspecified atom stereocenters. The third kappa shape index (κ3) is 1.47. The molecule has 0 saturated carbocycles. The van der Waals surface area contributed by atoms with Gasteiger partial charge in [0.1, 0.15) is 6.07 Å². The van der Waals surface area contributed by atoms with Crippen molar-refractivity contribution in [2.75, 3.05) is 12.3 Å². The first kappa shape index (κ1) is 10.9. The van der Waals surface area contributed by atoms with Crippen molar-refractivity contribution in [2.45, 2.75) is 0 Å². The fourth-order valence-electron chi connectivity index (χ4n) is 1.75. The van der Waals surface area contributed by atoms with E-state index in [-0.39, 0.29) is 28.9 Å². The topological polar surface area (TPSA) is 87.2 Å². The Labute approximate surface area is 97.7 Å². The third-order valence-corrected chi connectivity index (χ3v) is 2.57. The minimum atomic E-state index is -0.415. The summed E-state index contributed by atoms with van der Waals surface area (Å²) in [5.74, 6) is -0.817. The lowest BCUT2D eigenvalue weighted by molar-refractivity contribution is 0.0672. The van der Waals surface area contributed by atoms with E-state index in [9.17, 15) is 9.59 Å². The summed E-state index contributed by atoms with van der Waals surface area (Å²) in [5.41, 5.74) is 6.48. The standard InChI is InChI=1S/C12H9N3O2/c1-2-3-15-11(16)8-4-7(6-13)10(14)5-9(8)12(15)17/h2,4-5H,1,3,14H2. The number of hydrogen-bond acceptors (Lipinski definition) is 4. The molecule has 2 N–H and O–H groups in total. The SMILES string of the molecule is C=CCN1C(=O)c2cc(N)c(C#N)cc2C1=O. The maximum Gasteiger partial charge on any atom is 0.261 e. The van der Waals surface area contributed by atoms with Crippen molar-refractivity contribution in [1.29, 1.82) is 5.26 Å². The number of imide groups is 1. The highest BCUT2D eigenvalue weighted by molar-refractivity contribution is 6.22. The number of amides is 2. The van der Waals surface area contributed by atoms with E-state index in [1.54, 1.807) is 0 Å². The van der Waals surface area contributed by atoms with Gasteiger partial charge in [-0.15, -0.1) is 6.58 Å². The van der Waals surface area contributed by atoms with Crippen LogP contribution in [0.5, 0.6) is 0 Å².